The molecule has 33 heavy (non-hydrogen) atoms. The standard InChI is InChI=1S/C25H34N4O4/c1-16(2)22(30)27-10-12-28(13-11-27)23(31)19-7-5-18(6-8-19)15-29-24(32)20-14-17(3)4-9-21(20)26-25(29)33/h4,9,14,16,18-19H,5-8,10-13,15H2,1-3H3,(H,26,33)/t18-,19-. The summed E-state index contributed by atoms with van der Waals surface area (Å²) < 4.78 is 1.32. The van der Waals surface area contributed by atoms with Gasteiger partial charge in [-0.15, -0.1) is 0 Å². The van der Waals surface area contributed by atoms with Crippen molar-refractivity contribution in [2.24, 2.45) is 17.8 Å². The van der Waals surface area contributed by atoms with Crippen LogP contribution in [0.2, 0.25) is 0 Å². The molecule has 1 saturated carbocycles. The number of H-pyrrole nitrogens is 1. The van der Waals surface area contributed by atoms with Crippen LogP contribution in [0, 0.1) is 24.7 Å². The maximum Gasteiger partial charge on any atom is 0.328 e. The van der Waals surface area contributed by atoms with Gasteiger partial charge in [-0.05, 0) is 50.7 Å². The highest BCUT2D eigenvalue weighted by atomic mass is 16.2. The molecule has 0 unspecified atom stereocenters. The van der Waals surface area contributed by atoms with Crippen LogP contribution in [0.4, 0.5) is 0 Å². The number of nitrogens with zero attached hydrogens (tertiary/aromatic N) is 3. The van der Waals surface area contributed by atoms with E-state index in [2.05, 4.69) is 4.98 Å². The van der Waals surface area contributed by atoms with Crippen LogP contribution in [-0.2, 0) is 16.1 Å². The van der Waals surface area contributed by atoms with Gasteiger partial charge in [0.05, 0.1) is 10.9 Å². The van der Waals surface area contributed by atoms with Gasteiger partial charge < -0.3 is 14.8 Å². The molecule has 0 spiro atoms. The maximum absolute atomic E-state index is 13.0. The molecule has 2 amide bonds. The van der Waals surface area contributed by atoms with Crippen LogP contribution < -0.4 is 11.2 Å². The first-order chi connectivity index (χ1) is 15.7. The van der Waals surface area contributed by atoms with Crippen molar-refractivity contribution in [2.75, 3.05) is 26.2 Å². The number of hydrogen-bond donors (Lipinski definition) is 1. The van der Waals surface area contributed by atoms with E-state index in [0.29, 0.717) is 43.6 Å². The molecule has 2 aliphatic rings. The summed E-state index contributed by atoms with van der Waals surface area (Å²) in [6.45, 7) is 8.51. The smallest absolute Gasteiger partial charge is 0.328 e. The second kappa shape index (κ2) is 9.53. The van der Waals surface area contributed by atoms with Crippen LogP contribution in [0.15, 0.2) is 27.8 Å². The number of hydrogen-bond acceptors (Lipinski definition) is 4. The molecule has 8 heteroatoms. The molecule has 2 heterocycles. The van der Waals surface area contributed by atoms with Crippen LogP contribution in [0.5, 0.6) is 0 Å². The first-order valence-corrected chi connectivity index (χ1v) is 12.1. The first kappa shape index (κ1) is 23.3. The molecule has 1 aromatic carbocycles. The Hall–Kier alpha value is -2.90. The van der Waals surface area contributed by atoms with Gasteiger partial charge in [-0.1, -0.05) is 25.5 Å². The number of carbonyl (C=O) groups excluding carboxylic acids is 2. The summed E-state index contributed by atoms with van der Waals surface area (Å²) >= 11 is 0. The highest BCUT2D eigenvalue weighted by molar-refractivity contribution is 5.81. The van der Waals surface area contributed by atoms with Crippen LogP contribution >= 0.6 is 0 Å². The third-order valence-electron chi connectivity index (χ3n) is 7.17. The van der Waals surface area contributed by atoms with Crippen molar-refractivity contribution in [3.8, 4) is 0 Å². The quantitative estimate of drug-likeness (QED) is 0.766. The summed E-state index contributed by atoms with van der Waals surface area (Å²) in [6, 6.07) is 5.46. The number of benzene rings is 1. The third-order valence-corrected chi connectivity index (χ3v) is 7.17. The van der Waals surface area contributed by atoms with Gasteiger partial charge in [0.15, 0.2) is 0 Å². The van der Waals surface area contributed by atoms with Crippen molar-refractivity contribution in [3.05, 3.63) is 44.6 Å². The summed E-state index contributed by atoms with van der Waals surface area (Å²) in [4.78, 5) is 57.2. The molecule has 1 saturated heterocycles. The van der Waals surface area contributed by atoms with Gasteiger partial charge in [-0.3, -0.25) is 19.0 Å². The van der Waals surface area contributed by atoms with Gasteiger partial charge >= 0.3 is 5.69 Å². The molecular weight excluding hydrogens is 420 g/mol. The molecule has 0 bridgehead atoms. The number of nitrogens with one attached hydrogen (secondary N) is 1. The van der Waals surface area contributed by atoms with Gasteiger partial charge in [0, 0.05) is 44.6 Å². The Bertz CT molecular complexity index is 1150. The lowest BCUT2D eigenvalue weighted by Crippen LogP contribution is -2.53. The lowest BCUT2D eigenvalue weighted by atomic mass is 9.81. The first-order valence-electron chi connectivity index (χ1n) is 12.1. The monoisotopic (exact) mass is 454 g/mol. The zero-order valence-electron chi connectivity index (χ0n) is 19.8. The van der Waals surface area contributed by atoms with E-state index in [1.165, 1.54) is 4.57 Å². The average Bonchev–Trinajstić information content (AvgIpc) is 2.82. The lowest BCUT2D eigenvalue weighted by molar-refractivity contribution is -0.144. The van der Waals surface area contributed by atoms with Crippen LogP contribution in [0.3, 0.4) is 0 Å². The second-order valence-electron chi connectivity index (χ2n) is 9.92. The summed E-state index contributed by atoms with van der Waals surface area (Å²) in [7, 11) is 0. The largest absolute Gasteiger partial charge is 0.339 e. The summed E-state index contributed by atoms with van der Waals surface area (Å²) in [5, 5.41) is 0.536. The molecular formula is C25H34N4O4. The Kier molecular flexibility index (Phi) is 6.72. The fourth-order valence-corrected chi connectivity index (χ4v) is 5.15. The van der Waals surface area contributed by atoms with Gasteiger partial charge in [0.1, 0.15) is 0 Å². The molecule has 2 aromatic rings. The van der Waals surface area contributed by atoms with Crippen LogP contribution in [0.25, 0.3) is 10.9 Å². The molecule has 1 aromatic heterocycles. The number of aryl methyl sites for hydroxylation is 1. The second-order valence-corrected chi connectivity index (χ2v) is 9.92. The third kappa shape index (κ3) is 4.89. The minimum Gasteiger partial charge on any atom is -0.339 e. The summed E-state index contributed by atoms with van der Waals surface area (Å²) in [5.74, 6) is 0.505. The van der Waals surface area contributed by atoms with Crippen molar-refractivity contribution in [2.45, 2.75) is 53.0 Å². The number of amides is 2. The Morgan fingerprint density at radius 2 is 1.64 bits per heavy atom. The SMILES string of the molecule is Cc1ccc2[nH]c(=O)n(C[C@H]3CC[C@H](C(=O)N4CCN(C(=O)C(C)C)CC4)CC3)c(=O)c2c1. The maximum atomic E-state index is 13.0. The Morgan fingerprint density at radius 1 is 1.00 bits per heavy atom. The number of aromatic amines is 1. The number of rotatable bonds is 4. The van der Waals surface area contributed by atoms with Crippen molar-refractivity contribution >= 4 is 22.7 Å². The predicted octanol–water partition coefficient (Wildman–Crippen LogP) is 2.13. The van der Waals surface area contributed by atoms with E-state index < -0.39 is 0 Å². The van der Waals surface area contributed by atoms with E-state index >= 15 is 0 Å². The highest BCUT2D eigenvalue weighted by Gasteiger charge is 2.32. The number of fused-ring (bicyclic) bond motifs is 1. The van der Waals surface area contributed by atoms with E-state index in [4.69, 9.17) is 0 Å². The molecule has 0 radical (unpaired) electrons. The normalized spacial score (nSPS) is 21.6. The summed E-state index contributed by atoms with van der Waals surface area (Å²) in [5.41, 5.74) is 0.927. The number of carbonyl (C=O) groups is 2. The number of piperazine rings is 1. The van der Waals surface area contributed by atoms with E-state index in [1.807, 2.05) is 42.7 Å². The average molecular weight is 455 g/mol. The molecule has 1 aliphatic carbocycles. The zero-order valence-corrected chi connectivity index (χ0v) is 19.8. The minimum absolute atomic E-state index is 0.0112. The van der Waals surface area contributed by atoms with Gasteiger partial charge in [-0.2, -0.15) is 0 Å². The fourth-order valence-electron chi connectivity index (χ4n) is 5.15. The molecule has 178 valence electrons. The topological polar surface area (TPSA) is 95.5 Å². The number of aromatic nitrogens is 2. The van der Waals surface area contributed by atoms with Gasteiger partial charge in [0.2, 0.25) is 11.8 Å². The molecule has 0 atom stereocenters. The fraction of sp³-hybridized carbons (Fsp3) is 0.600. The van der Waals surface area contributed by atoms with Crippen molar-refractivity contribution in [1.82, 2.24) is 19.4 Å². The van der Waals surface area contributed by atoms with E-state index in [-0.39, 0.29) is 40.8 Å². The summed E-state index contributed by atoms with van der Waals surface area (Å²) in [6.07, 6.45) is 3.18. The van der Waals surface area contributed by atoms with E-state index in [1.54, 1.807) is 6.07 Å². The molecule has 1 aliphatic heterocycles. The Morgan fingerprint density at radius 3 is 2.27 bits per heavy atom. The molecule has 8 nitrogen and oxygen atoms in total. The van der Waals surface area contributed by atoms with Gasteiger partial charge in [-0.25, -0.2) is 4.79 Å². The Labute approximate surface area is 193 Å². The highest BCUT2D eigenvalue weighted by Crippen LogP contribution is 2.31. The van der Waals surface area contributed by atoms with E-state index in [9.17, 15) is 19.2 Å². The predicted molar refractivity (Wildman–Crippen MR) is 127 cm³/mol. The van der Waals surface area contributed by atoms with Crippen molar-refractivity contribution in [3.63, 3.8) is 0 Å². The molecule has 2 fully saturated rings. The minimum atomic E-state index is -0.372. The molecule has 1 N–H and O–H groups in total. The van der Waals surface area contributed by atoms with Crippen molar-refractivity contribution < 1.29 is 9.59 Å². The van der Waals surface area contributed by atoms with Gasteiger partial charge in [0.25, 0.3) is 5.56 Å². The van der Waals surface area contributed by atoms with Crippen molar-refractivity contribution in [1.29, 1.82) is 0 Å². The Balaban J connectivity index is 1.34. The van der Waals surface area contributed by atoms with Crippen LogP contribution in [-0.4, -0.2) is 57.3 Å². The zero-order chi connectivity index (χ0) is 23.7. The van der Waals surface area contributed by atoms with E-state index in [0.717, 1.165) is 31.2 Å². The molecule has 4 rings (SSSR count). The van der Waals surface area contributed by atoms with Crippen LogP contribution in [0.1, 0.15) is 45.1 Å². The lowest BCUT2D eigenvalue weighted by Gasteiger charge is -2.38.